The van der Waals surface area contributed by atoms with Crippen LogP contribution in [0.1, 0.15) is 406 Å². The molecule has 0 rings (SSSR count). The molecule has 0 saturated heterocycles. The van der Waals surface area contributed by atoms with E-state index in [0.29, 0.717) is 23.9 Å². The standard InChI is InChI=1S/C87H159NO8/c1-6-8-10-12-14-16-18-20-22-24-26-28-30-32-34-36-38-40-42-44-45-47-49-51-53-55-57-59-61-63-65-67-69-71-73-75-77-84(89)94-81-83(82-95-87(86(91)92)93-80-79-88(3,4)5)96-85(90)78-76-74-72-70-68-66-64-62-60-58-56-54-52-50-48-46-43-41-39-37-35-33-31-29-27-25-23-21-19-17-15-13-11-9-7-2/h9,11,15,17,21,23,27,29,33,35,39,41,83,87H,6-8,10,12-14,16,18-20,22,24-26,28,30-32,34,36-38,40,42-82H2,1-5H3/b11-9-,17-15-,23-21-,29-27-,35-33-,41-39-. The van der Waals surface area contributed by atoms with E-state index in [-0.39, 0.29) is 32.2 Å². The van der Waals surface area contributed by atoms with Crippen LogP contribution in [-0.2, 0) is 33.3 Å². The van der Waals surface area contributed by atoms with Gasteiger partial charge in [-0.05, 0) is 64.2 Å². The number of hydrogen-bond acceptors (Lipinski definition) is 8. The second-order valence-electron chi connectivity index (χ2n) is 29.4. The van der Waals surface area contributed by atoms with Gasteiger partial charge in [-0.3, -0.25) is 9.59 Å². The second kappa shape index (κ2) is 77.5. The predicted octanol–water partition coefficient (Wildman–Crippen LogP) is 25.4. The fourth-order valence-corrected chi connectivity index (χ4v) is 12.4. The maximum absolute atomic E-state index is 13.0. The van der Waals surface area contributed by atoms with Gasteiger partial charge < -0.3 is 33.3 Å². The van der Waals surface area contributed by atoms with Crippen molar-refractivity contribution in [1.29, 1.82) is 0 Å². The molecule has 96 heavy (non-hydrogen) atoms. The Morgan fingerprint density at radius 2 is 0.594 bits per heavy atom. The van der Waals surface area contributed by atoms with Crippen LogP contribution in [0.15, 0.2) is 72.9 Å². The van der Waals surface area contributed by atoms with Crippen molar-refractivity contribution in [2.24, 2.45) is 0 Å². The first-order chi connectivity index (χ1) is 47.1. The van der Waals surface area contributed by atoms with E-state index in [2.05, 4.69) is 86.8 Å². The summed E-state index contributed by atoms with van der Waals surface area (Å²) in [4.78, 5) is 37.6. The Morgan fingerprint density at radius 1 is 0.323 bits per heavy atom. The minimum atomic E-state index is -1.62. The van der Waals surface area contributed by atoms with E-state index in [1.54, 1.807) is 0 Å². The molecule has 0 bridgehead atoms. The van der Waals surface area contributed by atoms with Gasteiger partial charge in [0, 0.05) is 12.8 Å². The molecule has 2 unspecified atom stereocenters. The fraction of sp³-hybridized carbons (Fsp3) is 0.828. The van der Waals surface area contributed by atoms with E-state index < -0.39 is 24.3 Å². The Bertz CT molecular complexity index is 1810. The third-order valence-corrected chi connectivity index (χ3v) is 18.7. The topological polar surface area (TPSA) is 111 Å². The number of ether oxygens (including phenoxy) is 4. The van der Waals surface area contributed by atoms with Crippen LogP contribution in [0.4, 0.5) is 0 Å². The number of carbonyl (C=O) groups is 3. The first-order valence-corrected chi connectivity index (χ1v) is 41.6. The highest BCUT2D eigenvalue weighted by Crippen LogP contribution is 2.20. The summed E-state index contributed by atoms with van der Waals surface area (Å²) in [7, 11) is 5.95. The van der Waals surface area contributed by atoms with Crippen molar-refractivity contribution in [3.05, 3.63) is 72.9 Å². The Morgan fingerprint density at radius 3 is 0.885 bits per heavy atom. The molecule has 0 aromatic carbocycles. The first kappa shape index (κ1) is 92.7. The lowest BCUT2D eigenvalue weighted by molar-refractivity contribution is -0.870. The largest absolute Gasteiger partial charge is 0.545 e. The summed E-state index contributed by atoms with van der Waals surface area (Å²) in [5.74, 6) is -2.26. The number of hydrogen-bond donors (Lipinski definition) is 0. The zero-order chi connectivity index (χ0) is 69.7. The van der Waals surface area contributed by atoms with Crippen molar-refractivity contribution in [2.75, 3.05) is 47.5 Å². The zero-order valence-corrected chi connectivity index (χ0v) is 64.3. The summed E-state index contributed by atoms with van der Waals surface area (Å²) < 4.78 is 22.9. The number of likely N-dealkylation sites (N-methyl/N-ethyl adjacent to an activating group) is 1. The summed E-state index contributed by atoms with van der Waals surface area (Å²) in [6.07, 6.45) is 102. The Balaban J connectivity index is 3.97. The lowest BCUT2D eigenvalue weighted by Gasteiger charge is -2.26. The molecular formula is C87H159NO8. The van der Waals surface area contributed by atoms with E-state index in [4.69, 9.17) is 18.9 Å². The van der Waals surface area contributed by atoms with Crippen LogP contribution >= 0.6 is 0 Å². The SMILES string of the molecule is CC/C=C\C/C=C\C/C=C\C/C=C\C/C=C\C/C=C\CCCCCCCCCCCCCCCCCCC(=O)OC(COC(=O)CCCCCCCCCCCCCCCCCCCCCCCCCCCCCCCCCCCCCC)COC(OCC[N+](C)(C)C)C(=O)[O-]. The molecule has 0 saturated carbocycles. The number of esters is 2. The van der Waals surface area contributed by atoms with E-state index in [1.165, 1.54) is 302 Å². The summed E-state index contributed by atoms with van der Waals surface area (Å²) in [5.41, 5.74) is 0. The van der Waals surface area contributed by atoms with Crippen LogP contribution < -0.4 is 5.11 Å². The number of aliphatic carboxylic acids is 1. The Hall–Kier alpha value is -3.27. The van der Waals surface area contributed by atoms with Crippen molar-refractivity contribution in [2.45, 2.75) is 418 Å². The van der Waals surface area contributed by atoms with Gasteiger partial charge in [0.2, 0.25) is 0 Å². The number of nitrogens with zero attached hydrogens (tertiary/aromatic N) is 1. The van der Waals surface area contributed by atoms with Gasteiger partial charge >= 0.3 is 11.9 Å². The molecule has 0 aromatic heterocycles. The van der Waals surface area contributed by atoms with Crippen molar-refractivity contribution >= 4 is 17.9 Å². The maximum Gasteiger partial charge on any atom is 0.306 e. The molecule has 0 aromatic rings. The van der Waals surface area contributed by atoms with Crippen LogP contribution in [0.5, 0.6) is 0 Å². The van der Waals surface area contributed by atoms with Crippen LogP contribution in [-0.4, -0.2) is 82.3 Å². The van der Waals surface area contributed by atoms with Crippen molar-refractivity contribution < 1.29 is 42.9 Å². The quantitative estimate of drug-likeness (QED) is 0.0195. The number of carboxylic acids is 1. The van der Waals surface area contributed by atoms with E-state index in [0.717, 1.165) is 70.6 Å². The molecule has 9 nitrogen and oxygen atoms in total. The molecule has 0 N–H and O–H groups in total. The second-order valence-corrected chi connectivity index (χ2v) is 29.4. The van der Waals surface area contributed by atoms with Gasteiger partial charge in [-0.25, -0.2) is 0 Å². The molecule has 0 aliphatic rings. The highest BCUT2D eigenvalue weighted by molar-refractivity contribution is 5.70. The average molecular weight is 1350 g/mol. The number of rotatable bonds is 78. The maximum atomic E-state index is 13.0. The van der Waals surface area contributed by atoms with Gasteiger partial charge in [-0.1, -0.05) is 401 Å². The predicted molar refractivity (Wildman–Crippen MR) is 412 cm³/mol. The molecule has 9 heteroatoms. The lowest BCUT2D eigenvalue weighted by atomic mass is 10.0. The highest BCUT2D eigenvalue weighted by atomic mass is 16.7. The molecule has 0 aliphatic carbocycles. The number of quaternary nitrogens is 1. The van der Waals surface area contributed by atoms with Gasteiger partial charge in [0.25, 0.3) is 0 Å². The molecule has 0 amide bonds. The molecule has 0 radical (unpaired) electrons. The third kappa shape index (κ3) is 78.1. The number of unbranched alkanes of at least 4 members (excludes halogenated alkanes) is 51. The summed E-state index contributed by atoms with van der Waals surface area (Å²) in [6, 6.07) is 0. The Kier molecular flexibility index (Phi) is 74.8. The third-order valence-electron chi connectivity index (χ3n) is 18.7. The molecule has 0 spiro atoms. The normalized spacial score (nSPS) is 13.0. The van der Waals surface area contributed by atoms with E-state index in [9.17, 15) is 19.5 Å². The molecular weight excluding hydrogens is 1190 g/mol. The van der Waals surface area contributed by atoms with Gasteiger partial charge in [-0.2, -0.15) is 0 Å². The van der Waals surface area contributed by atoms with Crippen LogP contribution in [0, 0.1) is 0 Å². The summed E-state index contributed by atoms with van der Waals surface area (Å²) >= 11 is 0. The van der Waals surface area contributed by atoms with E-state index in [1.807, 2.05) is 21.1 Å². The first-order valence-electron chi connectivity index (χ1n) is 41.6. The smallest absolute Gasteiger partial charge is 0.306 e. The number of allylic oxidation sites excluding steroid dienone is 12. The number of carbonyl (C=O) groups excluding carboxylic acids is 3. The van der Waals surface area contributed by atoms with E-state index >= 15 is 0 Å². The highest BCUT2D eigenvalue weighted by Gasteiger charge is 2.22. The zero-order valence-electron chi connectivity index (χ0n) is 64.3. The molecule has 0 heterocycles. The minimum Gasteiger partial charge on any atom is -0.545 e. The summed E-state index contributed by atoms with van der Waals surface area (Å²) in [5, 5.41) is 11.9. The van der Waals surface area contributed by atoms with Gasteiger partial charge in [-0.15, -0.1) is 0 Å². The van der Waals surface area contributed by atoms with Crippen molar-refractivity contribution in [1.82, 2.24) is 0 Å². The monoisotopic (exact) mass is 1350 g/mol. The Labute approximate surface area is 596 Å². The average Bonchev–Trinajstić information content (AvgIpc) is 2.43. The fourth-order valence-electron chi connectivity index (χ4n) is 12.4. The van der Waals surface area contributed by atoms with Crippen LogP contribution in [0.25, 0.3) is 0 Å². The molecule has 2 atom stereocenters. The molecule has 560 valence electrons. The van der Waals surface area contributed by atoms with Crippen LogP contribution in [0.3, 0.4) is 0 Å². The summed E-state index contributed by atoms with van der Waals surface area (Å²) in [6.45, 7) is 4.70. The van der Waals surface area contributed by atoms with Gasteiger partial charge in [0.15, 0.2) is 12.4 Å². The van der Waals surface area contributed by atoms with Crippen molar-refractivity contribution in [3.63, 3.8) is 0 Å². The van der Waals surface area contributed by atoms with Gasteiger partial charge in [0.1, 0.15) is 13.2 Å². The van der Waals surface area contributed by atoms with Crippen LogP contribution in [0.2, 0.25) is 0 Å². The molecule has 0 aliphatic heterocycles. The lowest BCUT2D eigenvalue weighted by Crippen LogP contribution is -2.44. The van der Waals surface area contributed by atoms with Gasteiger partial charge in [0.05, 0.1) is 40.3 Å². The minimum absolute atomic E-state index is 0.149. The number of carboxylic acid groups (broad SMARTS) is 1. The van der Waals surface area contributed by atoms with Crippen molar-refractivity contribution in [3.8, 4) is 0 Å². The molecule has 0 fully saturated rings.